The van der Waals surface area contributed by atoms with Gasteiger partial charge in [0, 0.05) is 24.5 Å². The minimum absolute atomic E-state index is 0.295. The molecular weight excluding hydrogens is 296 g/mol. The number of hydrogen-bond donors (Lipinski definition) is 1. The van der Waals surface area contributed by atoms with Crippen LogP contribution in [-0.4, -0.2) is 30.4 Å². The van der Waals surface area contributed by atoms with Crippen molar-refractivity contribution in [1.82, 2.24) is 10.2 Å². The molecule has 120 valence electrons. The zero-order valence-electron chi connectivity index (χ0n) is 13.3. The number of carbonyl (C=O) groups is 1. The lowest BCUT2D eigenvalue weighted by Crippen LogP contribution is -2.39. The van der Waals surface area contributed by atoms with Crippen molar-refractivity contribution in [1.29, 1.82) is 0 Å². The van der Waals surface area contributed by atoms with Crippen molar-refractivity contribution in [2.24, 2.45) is 11.8 Å². The second-order valence-corrected chi connectivity index (χ2v) is 7.14. The van der Waals surface area contributed by atoms with E-state index < -0.39 is 0 Å². The van der Waals surface area contributed by atoms with Gasteiger partial charge in [0.2, 0.25) is 5.91 Å². The first-order valence-electron chi connectivity index (χ1n) is 8.40. The van der Waals surface area contributed by atoms with Crippen LogP contribution in [0.5, 0.6) is 0 Å². The molecule has 1 amide bonds. The number of carbonyl (C=O) groups excluding carboxylic acids is 1. The summed E-state index contributed by atoms with van der Waals surface area (Å²) in [7, 11) is 0. The number of hydrogen-bond acceptors (Lipinski definition) is 2. The molecule has 2 atom stereocenters. The Morgan fingerprint density at radius 2 is 2.36 bits per heavy atom. The maximum absolute atomic E-state index is 12.6. The Morgan fingerprint density at radius 1 is 1.50 bits per heavy atom. The average Bonchev–Trinajstić information content (AvgIpc) is 2.55. The Hall–Kier alpha value is -1.06. The number of benzene rings is 1. The van der Waals surface area contributed by atoms with E-state index in [0.29, 0.717) is 30.7 Å². The summed E-state index contributed by atoms with van der Waals surface area (Å²) in [4.78, 5) is 14.6. The number of nitrogens with zero attached hydrogens (tertiary/aromatic N) is 1. The lowest BCUT2D eigenvalue weighted by Gasteiger charge is -2.32. The fourth-order valence-electron chi connectivity index (χ4n) is 3.71. The first-order chi connectivity index (χ1) is 10.6. The van der Waals surface area contributed by atoms with E-state index in [1.54, 1.807) is 0 Å². The third-order valence-electron chi connectivity index (χ3n) is 5.20. The highest BCUT2D eigenvalue weighted by molar-refractivity contribution is 6.31. The monoisotopic (exact) mass is 320 g/mol. The van der Waals surface area contributed by atoms with Crippen LogP contribution in [0.4, 0.5) is 0 Å². The Balaban J connectivity index is 1.59. The number of halogens is 1. The second-order valence-electron chi connectivity index (χ2n) is 6.73. The van der Waals surface area contributed by atoms with E-state index in [1.165, 1.54) is 24.0 Å². The van der Waals surface area contributed by atoms with Crippen LogP contribution in [0.1, 0.15) is 37.3 Å². The molecule has 2 aliphatic heterocycles. The molecule has 2 heterocycles. The summed E-state index contributed by atoms with van der Waals surface area (Å²) < 4.78 is 0. The summed E-state index contributed by atoms with van der Waals surface area (Å²) in [6.07, 6.45) is 4.03. The molecule has 22 heavy (non-hydrogen) atoms. The molecule has 0 aliphatic carbocycles. The van der Waals surface area contributed by atoms with Crippen LogP contribution in [0.15, 0.2) is 18.2 Å². The number of nitrogens with one attached hydrogen (secondary N) is 1. The van der Waals surface area contributed by atoms with Crippen molar-refractivity contribution in [2.75, 3.05) is 19.6 Å². The van der Waals surface area contributed by atoms with Gasteiger partial charge in [0.15, 0.2) is 0 Å². The fraction of sp³-hybridized carbons (Fsp3) is 0.611. The van der Waals surface area contributed by atoms with Gasteiger partial charge in [-0.2, -0.15) is 0 Å². The largest absolute Gasteiger partial charge is 0.338 e. The van der Waals surface area contributed by atoms with Crippen LogP contribution in [0.25, 0.3) is 0 Å². The summed E-state index contributed by atoms with van der Waals surface area (Å²) in [5, 5.41) is 4.29. The number of fused-ring (bicyclic) bond motifs is 1. The Bertz CT molecular complexity index is 540. The molecule has 0 aromatic heterocycles. The van der Waals surface area contributed by atoms with Gasteiger partial charge in [-0.15, -0.1) is 0 Å². The van der Waals surface area contributed by atoms with Gasteiger partial charge < -0.3 is 10.2 Å². The number of piperidine rings is 1. The highest BCUT2D eigenvalue weighted by Gasteiger charge is 2.26. The van der Waals surface area contributed by atoms with Gasteiger partial charge in [0.05, 0.1) is 0 Å². The standard InChI is InChI=1S/C18H25ClN2O/c1-13(14-5-3-8-20-11-14)10-18(22)21-9-7-16-15(12-21)4-2-6-17(16)19/h2,4,6,13-14,20H,3,5,7-12H2,1H3. The van der Waals surface area contributed by atoms with E-state index in [1.807, 2.05) is 17.0 Å². The predicted molar refractivity (Wildman–Crippen MR) is 89.9 cm³/mol. The maximum atomic E-state index is 12.6. The SMILES string of the molecule is CC(CC(=O)N1CCc2c(Cl)cccc2C1)C1CCCNC1. The summed E-state index contributed by atoms with van der Waals surface area (Å²) >= 11 is 6.24. The molecule has 4 heteroatoms. The zero-order chi connectivity index (χ0) is 15.5. The Morgan fingerprint density at radius 3 is 3.14 bits per heavy atom. The molecule has 3 nitrogen and oxygen atoms in total. The van der Waals surface area contributed by atoms with E-state index >= 15 is 0 Å². The number of amides is 1. The molecule has 1 saturated heterocycles. The summed E-state index contributed by atoms with van der Waals surface area (Å²) in [6, 6.07) is 6.01. The molecule has 0 saturated carbocycles. The molecular formula is C18H25ClN2O. The van der Waals surface area contributed by atoms with Crippen LogP contribution in [0.3, 0.4) is 0 Å². The van der Waals surface area contributed by atoms with E-state index in [-0.39, 0.29) is 0 Å². The highest BCUT2D eigenvalue weighted by Crippen LogP contribution is 2.28. The zero-order valence-corrected chi connectivity index (χ0v) is 14.0. The Kier molecular flexibility index (Phi) is 5.04. The highest BCUT2D eigenvalue weighted by atomic mass is 35.5. The van der Waals surface area contributed by atoms with Gasteiger partial charge in [-0.05, 0) is 61.4 Å². The third kappa shape index (κ3) is 3.47. The van der Waals surface area contributed by atoms with E-state index in [2.05, 4.69) is 18.3 Å². The van der Waals surface area contributed by atoms with Crippen LogP contribution in [0.2, 0.25) is 5.02 Å². The average molecular weight is 321 g/mol. The molecule has 3 rings (SSSR count). The topological polar surface area (TPSA) is 32.3 Å². The van der Waals surface area contributed by atoms with Gasteiger partial charge in [0.25, 0.3) is 0 Å². The lowest BCUT2D eigenvalue weighted by molar-refractivity contribution is -0.133. The van der Waals surface area contributed by atoms with Gasteiger partial charge >= 0.3 is 0 Å². The van der Waals surface area contributed by atoms with Gasteiger partial charge in [0.1, 0.15) is 0 Å². The van der Waals surface area contributed by atoms with Crippen LogP contribution >= 0.6 is 11.6 Å². The molecule has 1 aromatic carbocycles. The fourth-order valence-corrected chi connectivity index (χ4v) is 4.00. The normalized spacial score (nSPS) is 23.0. The molecule has 0 radical (unpaired) electrons. The minimum Gasteiger partial charge on any atom is -0.338 e. The van der Waals surface area contributed by atoms with Crippen LogP contribution in [-0.2, 0) is 17.8 Å². The van der Waals surface area contributed by atoms with Crippen molar-refractivity contribution in [3.05, 3.63) is 34.3 Å². The van der Waals surface area contributed by atoms with Gasteiger partial charge in [-0.1, -0.05) is 30.7 Å². The first kappa shape index (κ1) is 15.8. The predicted octanol–water partition coefficient (Wildman–Crippen LogP) is 3.25. The minimum atomic E-state index is 0.295. The van der Waals surface area contributed by atoms with Crippen molar-refractivity contribution in [3.8, 4) is 0 Å². The van der Waals surface area contributed by atoms with Crippen molar-refractivity contribution in [2.45, 2.75) is 39.2 Å². The van der Waals surface area contributed by atoms with E-state index in [4.69, 9.17) is 11.6 Å². The Labute approximate surface area is 138 Å². The van der Waals surface area contributed by atoms with E-state index in [0.717, 1.165) is 31.1 Å². The molecule has 1 aromatic rings. The van der Waals surface area contributed by atoms with Crippen molar-refractivity contribution >= 4 is 17.5 Å². The molecule has 0 spiro atoms. The van der Waals surface area contributed by atoms with E-state index in [9.17, 15) is 4.79 Å². The van der Waals surface area contributed by atoms with Crippen LogP contribution < -0.4 is 5.32 Å². The second kappa shape index (κ2) is 7.01. The molecule has 1 N–H and O–H groups in total. The molecule has 2 aliphatic rings. The third-order valence-corrected chi connectivity index (χ3v) is 5.55. The summed E-state index contributed by atoms with van der Waals surface area (Å²) in [5.41, 5.74) is 2.43. The van der Waals surface area contributed by atoms with Crippen molar-refractivity contribution in [3.63, 3.8) is 0 Å². The van der Waals surface area contributed by atoms with Crippen LogP contribution in [0, 0.1) is 11.8 Å². The van der Waals surface area contributed by atoms with Gasteiger partial charge in [-0.25, -0.2) is 0 Å². The first-order valence-corrected chi connectivity index (χ1v) is 8.77. The lowest BCUT2D eigenvalue weighted by atomic mass is 9.85. The van der Waals surface area contributed by atoms with Crippen molar-refractivity contribution < 1.29 is 4.79 Å². The smallest absolute Gasteiger partial charge is 0.223 e. The summed E-state index contributed by atoms with van der Waals surface area (Å²) in [5.74, 6) is 1.40. The van der Waals surface area contributed by atoms with Gasteiger partial charge in [-0.3, -0.25) is 4.79 Å². The quantitative estimate of drug-likeness (QED) is 0.927. The maximum Gasteiger partial charge on any atom is 0.223 e. The molecule has 1 fully saturated rings. The number of rotatable bonds is 3. The molecule has 0 bridgehead atoms. The molecule has 2 unspecified atom stereocenters. The summed E-state index contributed by atoms with van der Waals surface area (Å²) in [6.45, 7) is 5.92.